The molecule has 2 atom stereocenters. The van der Waals surface area contributed by atoms with E-state index in [9.17, 15) is 0 Å². The monoisotopic (exact) mass is 218 g/mol. The third kappa shape index (κ3) is 2.37. The van der Waals surface area contributed by atoms with E-state index in [0.717, 1.165) is 17.7 Å². The molecule has 1 aromatic rings. The second-order valence-electron chi connectivity index (χ2n) is 5.60. The minimum atomic E-state index is 0.617. The number of aromatic nitrogens is 1. The largest absolute Gasteiger partial charge is 0.383 e. The lowest BCUT2D eigenvalue weighted by Gasteiger charge is -2.32. The van der Waals surface area contributed by atoms with Gasteiger partial charge in [-0.2, -0.15) is 0 Å². The number of nitrogen functional groups attached to an aromatic ring is 1. The summed E-state index contributed by atoms with van der Waals surface area (Å²) in [6.45, 7) is 6.79. The summed E-state index contributed by atoms with van der Waals surface area (Å²) in [5.74, 6) is 2.98. The van der Waals surface area contributed by atoms with Crippen molar-refractivity contribution in [2.24, 2.45) is 11.8 Å². The average Bonchev–Trinajstić information content (AvgIpc) is 2.20. The maximum Gasteiger partial charge on any atom is 0.126 e. The third-order valence-corrected chi connectivity index (χ3v) is 3.70. The van der Waals surface area contributed by atoms with Crippen LogP contribution in [0.2, 0.25) is 0 Å². The highest BCUT2D eigenvalue weighted by Crippen LogP contribution is 2.40. The van der Waals surface area contributed by atoms with Crippen molar-refractivity contribution in [2.45, 2.75) is 46.0 Å². The molecule has 1 saturated carbocycles. The van der Waals surface area contributed by atoms with Gasteiger partial charge < -0.3 is 5.73 Å². The number of aryl methyl sites for hydroxylation is 1. The summed E-state index contributed by atoms with van der Waals surface area (Å²) in [5, 5.41) is 0. The molecule has 88 valence electrons. The molecule has 1 aliphatic carbocycles. The summed E-state index contributed by atoms with van der Waals surface area (Å²) in [6.07, 6.45) is 5.74. The van der Waals surface area contributed by atoms with E-state index >= 15 is 0 Å². The molecular weight excluding hydrogens is 196 g/mol. The van der Waals surface area contributed by atoms with Gasteiger partial charge in [-0.3, -0.25) is 0 Å². The van der Waals surface area contributed by atoms with Crippen molar-refractivity contribution < 1.29 is 0 Å². The van der Waals surface area contributed by atoms with Crippen LogP contribution in [0.15, 0.2) is 12.3 Å². The van der Waals surface area contributed by atoms with Crippen LogP contribution < -0.4 is 5.73 Å². The molecule has 2 unspecified atom stereocenters. The van der Waals surface area contributed by atoms with Gasteiger partial charge in [0.2, 0.25) is 0 Å². The molecule has 2 N–H and O–H groups in total. The SMILES string of the molecule is Cc1cnc(N)c(C2CC(C)CC(C)C2)c1. The van der Waals surface area contributed by atoms with Gasteiger partial charge in [-0.1, -0.05) is 19.9 Å². The van der Waals surface area contributed by atoms with Crippen LogP contribution in [-0.4, -0.2) is 4.98 Å². The Morgan fingerprint density at radius 2 is 1.81 bits per heavy atom. The van der Waals surface area contributed by atoms with Gasteiger partial charge in [-0.05, 0) is 55.1 Å². The van der Waals surface area contributed by atoms with Crippen LogP contribution in [0.5, 0.6) is 0 Å². The van der Waals surface area contributed by atoms with Crippen LogP contribution in [0.4, 0.5) is 5.82 Å². The van der Waals surface area contributed by atoms with Gasteiger partial charge in [0, 0.05) is 6.20 Å². The molecule has 1 heterocycles. The summed E-state index contributed by atoms with van der Waals surface area (Å²) in [7, 11) is 0. The minimum Gasteiger partial charge on any atom is -0.383 e. The standard InChI is InChI=1S/C14H22N2/c1-9-4-10(2)6-12(5-9)13-7-11(3)8-16-14(13)15/h7-10,12H,4-6H2,1-3H3,(H2,15,16). The van der Waals surface area contributed by atoms with E-state index < -0.39 is 0 Å². The van der Waals surface area contributed by atoms with Crippen molar-refractivity contribution in [3.8, 4) is 0 Å². The highest BCUT2D eigenvalue weighted by molar-refractivity contribution is 5.43. The first-order chi connectivity index (χ1) is 7.56. The quantitative estimate of drug-likeness (QED) is 0.783. The Bertz CT molecular complexity index is 363. The molecule has 2 rings (SSSR count). The maximum atomic E-state index is 6.00. The lowest BCUT2D eigenvalue weighted by Crippen LogP contribution is -2.19. The van der Waals surface area contributed by atoms with Gasteiger partial charge in [0.1, 0.15) is 5.82 Å². The van der Waals surface area contributed by atoms with E-state index in [1.807, 2.05) is 6.20 Å². The van der Waals surface area contributed by atoms with Crippen LogP contribution in [0.1, 0.15) is 50.2 Å². The molecule has 1 fully saturated rings. The average molecular weight is 218 g/mol. The number of hydrogen-bond donors (Lipinski definition) is 1. The number of anilines is 1. The Labute approximate surface area is 98.3 Å². The van der Waals surface area contributed by atoms with Gasteiger partial charge >= 0.3 is 0 Å². The first kappa shape index (κ1) is 11.4. The Balaban J connectivity index is 2.25. The molecule has 0 aliphatic heterocycles. The zero-order valence-corrected chi connectivity index (χ0v) is 10.5. The van der Waals surface area contributed by atoms with Crippen molar-refractivity contribution in [1.29, 1.82) is 0 Å². The molecule has 1 aliphatic rings. The molecule has 2 heteroatoms. The smallest absolute Gasteiger partial charge is 0.126 e. The number of hydrogen-bond acceptors (Lipinski definition) is 2. The Hall–Kier alpha value is -1.05. The highest BCUT2D eigenvalue weighted by Gasteiger charge is 2.26. The van der Waals surface area contributed by atoms with E-state index in [-0.39, 0.29) is 0 Å². The lowest BCUT2D eigenvalue weighted by molar-refractivity contribution is 0.268. The summed E-state index contributed by atoms with van der Waals surface area (Å²) in [6, 6.07) is 2.22. The van der Waals surface area contributed by atoms with Gasteiger partial charge in [0.05, 0.1) is 0 Å². The summed E-state index contributed by atoms with van der Waals surface area (Å²) in [5.41, 5.74) is 8.49. The van der Waals surface area contributed by atoms with Crippen molar-refractivity contribution >= 4 is 5.82 Å². The van der Waals surface area contributed by atoms with Crippen molar-refractivity contribution in [3.63, 3.8) is 0 Å². The molecule has 0 aromatic carbocycles. The molecule has 0 radical (unpaired) electrons. The fourth-order valence-corrected chi connectivity index (χ4v) is 3.13. The maximum absolute atomic E-state index is 6.00. The topological polar surface area (TPSA) is 38.9 Å². The minimum absolute atomic E-state index is 0.617. The Kier molecular flexibility index (Phi) is 3.17. The van der Waals surface area contributed by atoms with Crippen molar-refractivity contribution in [1.82, 2.24) is 4.98 Å². The number of nitrogens with two attached hydrogens (primary N) is 1. The van der Waals surface area contributed by atoms with Gasteiger partial charge in [0.25, 0.3) is 0 Å². The van der Waals surface area contributed by atoms with Crippen molar-refractivity contribution in [3.05, 3.63) is 23.4 Å². The van der Waals surface area contributed by atoms with Crippen LogP contribution in [0.25, 0.3) is 0 Å². The second kappa shape index (κ2) is 4.44. The first-order valence-electron chi connectivity index (χ1n) is 6.28. The lowest BCUT2D eigenvalue weighted by atomic mass is 9.74. The van der Waals surface area contributed by atoms with E-state index in [1.165, 1.54) is 30.4 Å². The molecule has 0 spiro atoms. The Morgan fingerprint density at radius 1 is 1.19 bits per heavy atom. The predicted octanol–water partition coefficient (Wildman–Crippen LogP) is 3.51. The number of nitrogens with zero attached hydrogens (tertiary/aromatic N) is 1. The van der Waals surface area contributed by atoms with Gasteiger partial charge in [0.15, 0.2) is 0 Å². The zero-order chi connectivity index (χ0) is 11.7. The highest BCUT2D eigenvalue weighted by atomic mass is 14.8. The fraction of sp³-hybridized carbons (Fsp3) is 0.643. The Morgan fingerprint density at radius 3 is 2.44 bits per heavy atom. The number of pyridine rings is 1. The number of rotatable bonds is 1. The van der Waals surface area contributed by atoms with Crippen LogP contribution in [-0.2, 0) is 0 Å². The van der Waals surface area contributed by atoms with E-state index in [0.29, 0.717) is 5.92 Å². The summed E-state index contributed by atoms with van der Waals surface area (Å²) >= 11 is 0. The molecule has 0 amide bonds. The van der Waals surface area contributed by atoms with Gasteiger partial charge in [-0.15, -0.1) is 0 Å². The molecule has 2 nitrogen and oxygen atoms in total. The summed E-state index contributed by atoms with van der Waals surface area (Å²) in [4.78, 5) is 4.28. The van der Waals surface area contributed by atoms with Crippen LogP contribution in [0, 0.1) is 18.8 Å². The van der Waals surface area contributed by atoms with Crippen LogP contribution >= 0.6 is 0 Å². The normalized spacial score (nSPS) is 30.3. The van der Waals surface area contributed by atoms with E-state index in [4.69, 9.17) is 5.73 Å². The first-order valence-corrected chi connectivity index (χ1v) is 6.28. The van der Waals surface area contributed by atoms with Gasteiger partial charge in [-0.25, -0.2) is 4.98 Å². The summed E-state index contributed by atoms with van der Waals surface area (Å²) < 4.78 is 0. The second-order valence-corrected chi connectivity index (χ2v) is 5.60. The van der Waals surface area contributed by atoms with Crippen molar-refractivity contribution in [2.75, 3.05) is 5.73 Å². The zero-order valence-electron chi connectivity index (χ0n) is 10.5. The molecule has 0 bridgehead atoms. The molecule has 16 heavy (non-hydrogen) atoms. The molecule has 1 aromatic heterocycles. The molecule has 0 saturated heterocycles. The third-order valence-electron chi connectivity index (χ3n) is 3.70. The fourth-order valence-electron chi connectivity index (χ4n) is 3.13. The van der Waals surface area contributed by atoms with Crippen LogP contribution in [0.3, 0.4) is 0 Å². The van der Waals surface area contributed by atoms with E-state index in [1.54, 1.807) is 0 Å². The predicted molar refractivity (Wildman–Crippen MR) is 68.3 cm³/mol. The van der Waals surface area contributed by atoms with E-state index in [2.05, 4.69) is 31.8 Å². The molecular formula is C14H22N2.